The second kappa shape index (κ2) is 7.35. The average Bonchev–Trinajstić information content (AvgIpc) is 2.63. The zero-order chi connectivity index (χ0) is 9.36. The van der Waals surface area contributed by atoms with E-state index in [-0.39, 0.29) is 0 Å². The molecular formula is C9H16N2S2. The second-order valence-corrected chi connectivity index (χ2v) is 4.77. The standard InChI is InChI=1S/C9H16N2S2/c1-12-6-3-2-4-10-8-9-11-5-7-13-9/h5,7,10H,2-4,6,8H2,1H3. The molecule has 0 atom stereocenters. The van der Waals surface area contributed by atoms with Crippen molar-refractivity contribution in [2.24, 2.45) is 0 Å². The summed E-state index contributed by atoms with van der Waals surface area (Å²) >= 11 is 3.63. The van der Waals surface area contributed by atoms with Crippen LogP contribution < -0.4 is 5.32 Å². The van der Waals surface area contributed by atoms with Gasteiger partial charge in [-0.1, -0.05) is 0 Å². The molecule has 0 aliphatic rings. The Labute approximate surface area is 88.2 Å². The van der Waals surface area contributed by atoms with Crippen LogP contribution in [0, 0.1) is 0 Å². The van der Waals surface area contributed by atoms with Crippen LogP contribution in [0.25, 0.3) is 0 Å². The molecule has 1 rings (SSSR count). The summed E-state index contributed by atoms with van der Waals surface area (Å²) in [6.07, 6.45) is 6.59. The van der Waals surface area contributed by atoms with Crippen LogP contribution in [0.5, 0.6) is 0 Å². The number of unbranched alkanes of at least 4 members (excludes halogenated alkanes) is 1. The molecule has 0 aliphatic heterocycles. The summed E-state index contributed by atoms with van der Waals surface area (Å²) < 4.78 is 0. The lowest BCUT2D eigenvalue weighted by Crippen LogP contribution is -2.14. The molecule has 0 spiro atoms. The quantitative estimate of drug-likeness (QED) is 0.708. The van der Waals surface area contributed by atoms with Crippen molar-refractivity contribution in [1.29, 1.82) is 0 Å². The van der Waals surface area contributed by atoms with Crippen LogP contribution in [0.3, 0.4) is 0 Å². The molecule has 0 fully saturated rings. The van der Waals surface area contributed by atoms with E-state index in [0.29, 0.717) is 0 Å². The number of nitrogens with one attached hydrogen (secondary N) is 1. The van der Waals surface area contributed by atoms with Gasteiger partial charge in [0.1, 0.15) is 5.01 Å². The highest BCUT2D eigenvalue weighted by atomic mass is 32.2. The molecule has 0 saturated carbocycles. The minimum Gasteiger partial charge on any atom is -0.310 e. The fraction of sp³-hybridized carbons (Fsp3) is 0.667. The van der Waals surface area contributed by atoms with Crippen LogP contribution in [0.15, 0.2) is 11.6 Å². The Hall–Kier alpha value is -0.0600. The van der Waals surface area contributed by atoms with E-state index in [0.717, 1.165) is 13.1 Å². The molecule has 0 bridgehead atoms. The monoisotopic (exact) mass is 216 g/mol. The highest BCUT2D eigenvalue weighted by molar-refractivity contribution is 7.98. The van der Waals surface area contributed by atoms with Crippen LogP contribution in [0.4, 0.5) is 0 Å². The Morgan fingerprint density at radius 1 is 1.54 bits per heavy atom. The third-order valence-corrected chi connectivity index (χ3v) is 3.19. The summed E-state index contributed by atoms with van der Waals surface area (Å²) in [6, 6.07) is 0. The largest absolute Gasteiger partial charge is 0.310 e. The molecule has 4 heteroatoms. The molecule has 0 aromatic carbocycles. The zero-order valence-electron chi connectivity index (χ0n) is 7.95. The second-order valence-electron chi connectivity index (χ2n) is 2.80. The lowest BCUT2D eigenvalue weighted by molar-refractivity contribution is 0.642. The number of nitrogens with zero attached hydrogens (tertiary/aromatic N) is 1. The van der Waals surface area contributed by atoms with Gasteiger partial charge in [0.05, 0.1) is 0 Å². The molecule has 0 radical (unpaired) electrons. The molecular weight excluding hydrogens is 200 g/mol. The third-order valence-electron chi connectivity index (χ3n) is 1.71. The molecule has 1 heterocycles. The van der Waals surface area contributed by atoms with Crippen molar-refractivity contribution in [2.45, 2.75) is 19.4 Å². The van der Waals surface area contributed by atoms with Gasteiger partial charge in [0, 0.05) is 18.1 Å². The van der Waals surface area contributed by atoms with Gasteiger partial charge in [0.15, 0.2) is 0 Å². The molecule has 1 aromatic heterocycles. The summed E-state index contributed by atoms with van der Waals surface area (Å²) in [5, 5.41) is 6.59. The number of thiazole rings is 1. The molecule has 1 aromatic rings. The van der Waals surface area contributed by atoms with Gasteiger partial charge in [-0.2, -0.15) is 11.8 Å². The number of hydrogen-bond donors (Lipinski definition) is 1. The smallest absolute Gasteiger partial charge is 0.106 e. The van der Waals surface area contributed by atoms with Crippen molar-refractivity contribution in [1.82, 2.24) is 10.3 Å². The van der Waals surface area contributed by atoms with Crippen molar-refractivity contribution >= 4 is 23.1 Å². The van der Waals surface area contributed by atoms with Crippen LogP contribution in [-0.2, 0) is 6.54 Å². The van der Waals surface area contributed by atoms with E-state index in [1.165, 1.54) is 23.6 Å². The van der Waals surface area contributed by atoms with E-state index in [2.05, 4.69) is 16.6 Å². The Morgan fingerprint density at radius 2 is 2.46 bits per heavy atom. The van der Waals surface area contributed by atoms with E-state index >= 15 is 0 Å². The molecule has 13 heavy (non-hydrogen) atoms. The zero-order valence-corrected chi connectivity index (χ0v) is 9.59. The van der Waals surface area contributed by atoms with Crippen LogP contribution in [-0.4, -0.2) is 23.5 Å². The van der Waals surface area contributed by atoms with Gasteiger partial charge in [0.25, 0.3) is 0 Å². The highest BCUT2D eigenvalue weighted by Gasteiger charge is 1.93. The lowest BCUT2D eigenvalue weighted by atomic mass is 10.3. The van der Waals surface area contributed by atoms with Crippen LogP contribution >= 0.6 is 23.1 Å². The summed E-state index contributed by atoms with van der Waals surface area (Å²) in [5.74, 6) is 1.28. The summed E-state index contributed by atoms with van der Waals surface area (Å²) in [7, 11) is 0. The van der Waals surface area contributed by atoms with Gasteiger partial charge in [-0.3, -0.25) is 0 Å². The number of thioether (sulfide) groups is 1. The minimum absolute atomic E-state index is 0.928. The van der Waals surface area contributed by atoms with Crippen LogP contribution in [0.2, 0.25) is 0 Å². The fourth-order valence-corrected chi connectivity index (χ4v) is 2.11. The Bertz CT molecular complexity index is 199. The Kier molecular flexibility index (Phi) is 6.23. The maximum absolute atomic E-state index is 4.20. The fourth-order valence-electron chi connectivity index (χ4n) is 1.03. The first-order valence-electron chi connectivity index (χ1n) is 4.51. The van der Waals surface area contributed by atoms with E-state index < -0.39 is 0 Å². The van der Waals surface area contributed by atoms with Crippen molar-refractivity contribution in [3.05, 3.63) is 16.6 Å². The molecule has 0 saturated heterocycles. The van der Waals surface area contributed by atoms with Gasteiger partial charge in [-0.25, -0.2) is 4.98 Å². The van der Waals surface area contributed by atoms with Gasteiger partial charge in [-0.15, -0.1) is 11.3 Å². The molecule has 2 nitrogen and oxygen atoms in total. The summed E-state index contributed by atoms with van der Waals surface area (Å²) in [4.78, 5) is 4.20. The third kappa shape index (κ3) is 5.29. The first-order chi connectivity index (χ1) is 6.43. The van der Waals surface area contributed by atoms with E-state index in [9.17, 15) is 0 Å². The average molecular weight is 216 g/mol. The van der Waals surface area contributed by atoms with E-state index in [4.69, 9.17) is 0 Å². The van der Waals surface area contributed by atoms with Crippen molar-refractivity contribution in [3.8, 4) is 0 Å². The number of hydrogen-bond acceptors (Lipinski definition) is 4. The van der Waals surface area contributed by atoms with Gasteiger partial charge in [-0.05, 0) is 31.4 Å². The summed E-state index contributed by atoms with van der Waals surface area (Å²) in [6.45, 7) is 2.04. The first-order valence-corrected chi connectivity index (χ1v) is 6.79. The maximum Gasteiger partial charge on any atom is 0.106 e. The van der Waals surface area contributed by atoms with Crippen LogP contribution in [0.1, 0.15) is 17.8 Å². The molecule has 0 amide bonds. The highest BCUT2D eigenvalue weighted by Crippen LogP contribution is 2.03. The topological polar surface area (TPSA) is 24.9 Å². The van der Waals surface area contributed by atoms with E-state index in [1.54, 1.807) is 11.3 Å². The number of aromatic nitrogens is 1. The van der Waals surface area contributed by atoms with Crippen molar-refractivity contribution in [3.63, 3.8) is 0 Å². The van der Waals surface area contributed by atoms with Crippen molar-refractivity contribution in [2.75, 3.05) is 18.6 Å². The van der Waals surface area contributed by atoms with Gasteiger partial charge in [0.2, 0.25) is 0 Å². The lowest BCUT2D eigenvalue weighted by Gasteiger charge is -2.01. The Balaban J connectivity index is 1.90. The van der Waals surface area contributed by atoms with Gasteiger partial charge >= 0.3 is 0 Å². The van der Waals surface area contributed by atoms with Gasteiger partial charge < -0.3 is 5.32 Å². The molecule has 0 unspecified atom stereocenters. The summed E-state index contributed by atoms with van der Waals surface area (Å²) in [5.41, 5.74) is 0. The minimum atomic E-state index is 0.928. The predicted molar refractivity (Wildman–Crippen MR) is 61.4 cm³/mol. The number of rotatable bonds is 7. The first kappa shape index (κ1) is 11.0. The van der Waals surface area contributed by atoms with Crippen molar-refractivity contribution < 1.29 is 0 Å². The normalized spacial score (nSPS) is 10.5. The maximum atomic E-state index is 4.20. The molecule has 74 valence electrons. The SMILES string of the molecule is CSCCCCNCc1nccs1. The Morgan fingerprint density at radius 3 is 3.15 bits per heavy atom. The van der Waals surface area contributed by atoms with E-state index in [1.807, 2.05) is 23.3 Å². The predicted octanol–water partition coefficient (Wildman–Crippen LogP) is 2.38. The molecule has 1 N–H and O–H groups in total. The molecule has 0 aliphatic carbocycles.